The van der Waals surface area contributed by atoms with Gasteiger partial charge in [0, 0.05) is 10.8 Å². The van der Waals surface area contributed by atoms with Gasteiger partial charge in [-0.25, -0.2) is 0 Å². The fourth-order valence-electron chi connectivity index (χ4n) is 2.60. The average molecular weight is 228 g/mol. The van der Waals surface area contributed by atoms with E-state index < -0.39 is 0 Å². The van der Waals surface area contributed by atoms with Crippen LogP contribution in [0.3, 0.4) is 0 Å². The molecule has 0 aliphatic carbocycles. The standard InChI is InChI=1S/C16H9BO/c17-13-9-10-5-1-2-6-11(10)15-12-7-3-4-8-14(12)18-16(13)15/h1-9H. The Morgan fingerprint density at radius 1 is 0.833 bits per heavy atom. The van der Waals surface area contributed by atoms with Crippen LogP contribution in [0, 0.1) is 0 Å². The van der Waals surface area contributed by atoms with Crippen LogP contribution >= 0.6 is 0 Å². The van der Waals surface area contributed by atoms with E-state index in [0.29, 0.717) is 5.46 Å². The lowest BCUT2D eigenvalue weighted by Gasteiger charge is -2.02. The SMILES string of the molecule is [B]c1cc2ccccc2c2c1oc1ccccc12. The third-order valence-electron chi connectivity index (χ3n) is 3.40. The van der Waals surface area contributed by atoms with Gasteiger partial charge in [-0.15, -0.1) is 0 Å². The van der Waals surface area contributed by atoms with Gasteiger partial charge in [-0.1, -0.05) is 54.0 Å². The molecule has 18 heavy (non-hydrogen) atoms. The van der Waals surface area contributed by atoms with Crippen molar-refractivity contribution >= 4 is 46.0 Å². The van der Waals surface area contributed by atoms with Gasteiger partial charge in [0.05, 0.1) is 0 Å². The van der Waals surface area contributed by atoms with Crippen LogP contribution in [-0.2, 0) is 0 Å². The topological polar surface area (TPSA) is 13.1 Å². The lowest BCUT2D eigenvalue weighted by molar-refractivity contribution is 0.672. The van der Waals surface area contributed by atoms with Crippen molar-refractivity contribution in [1.29, 1.82) is 0 Å². The molecular formula is C16H9BO. The zero-order valence-corrected chi connectivity index (χ0v) is 9.68. The summed E-state index contributed by atoms with van der Waals surface area (Å²) in [5, 5.41) is 4.57. The van der Waals surface area contributed by atoms with Gasteiger partial charge in [-0.05, 0) is 16.8 Å². The molecule has 0 fully saturated rings. The first kappa shape index (κ1) is 9.78. The molecule has 0 amide bonds. The number of fused-ring (bicyclic) bond motifs is 5. The highest BCUT2D eigenvalue weighted by Gasteiger charge is 2.11. The summed E-state index contributed by atoms with van der Waals surface area (Å²) in [7, 11) is 6.09. The highest BCUT2D eigenvalue weighted by Crippen LogP contribution is 2.32. The van der Waals surface area contributed by atoms with Crippen molar-refractivity contribution in [3.05, 3.63) is 54.6 Å². The molecule has 0 bridgehead atoms. The van der Waals surface area contributed by atoms with Gasteiger partial charge in [-0.3, -0.25) is 0 Å². The summed E-state index contributed by atoms with van der Waals surface area (Å²) >= 11 is 0. The van der Waals surface area contributed by atoms with Gasteiger partial charge in [0.25, 0.3) is 0 Å². The second kappa shape index (κ2) is 3.39. The van der Waals surface area contributed by atoms with Gasteiger partial charge in [0.15, 0.2) is 0 Å². The number of furan rings is 1. The highest BCUT2D eigenvalue weighted by atomic mass is 16.3. The Balaban J connectivity index is 2.41. The zero-order valence-electron chi connectivity index (χ0n) is 9.68. The van der Waals surface area contributed by atoms with E-state index >= 15 is 0 Å². The van der Waals surface area contributed by atoms with E-state index in [-0.39, 0.29) is 0 Å². The van der Waals surface area contributed by atoms with Crippen molar-refractivity contribution in [2.45, 2.75) is 0 Å². The van der Waals surface area contributed by atoms with Crippen LogP contribution in [0.5, 0.6) is 0 Å². The number of rotatable bonds is 0. The first-order valence-corrected chi connectivity index (χ1v) is 5.93. The fourth-order valence-corrected chi connectivity index (χ4v) is 2.60. The van der Waals surface area contributed by atoms with Crippen molar-refractivity contribution in [3.8, 4) is 0 Å². The molecule has 1 nitrogen and oxygen atoms in total. The number of hydrogen-bond donors (Lipinski definition) is 0. The average Bonchev–Trinajstić information content (AvgIpc) is 2.79. The van der Waals surface area contributed by atoms with Crippen LogP contribution in [0.4, 0.5) is 0 Å². The van der Waals surface area contributed by atoms with E-state index in [2.05, 4.69) is 18.2 Å². The molecular weight excluding hydrogens is 219 g/mol. The van der Waals surface area contributed by atoms with Crippen LogP contribution in [-0.4, -0.2) is 7.85 Å². The molecule has 82 valence electrons. The van der Waals surface area contributed by atoms with Crippen LogP contribution in [0.1, 0.15) is 0 Å². The molecule has 0 saturated carbocycles. The van der Waals surface area contributed by atoms with Crippen molar-refractivity contribution in [3.63, 3.8) is 0 Å². The minimum absolute atomic E-state index is 0.694. The maximum Gasteiger partial charge on any atom is 0.135 e. The smallest absolute Gasteiger partial charge is 0.135 e. The van der Waals surface area contributed by atoms with Crippen LogP contribution in [0.25, 0.3) is 32.7 Å². The lowest BCUT2D eigenvalue weighted by atomic mass is 9.90. The highest BCUT2D eigenvalue weighted by molar-refractivity contribution is 6.41. The zero-order chi connectivity index (χ0) is 12.1. The van der Waals surface area contributed by atoms with E-state index in [1.807, 2.05) is 36.4 Å². The predicted molar refractivity (Wildman–Crippen MR) is 76.6 cm³/mol. The normalized spacial score (nSPS) is 11.6. The summed E-state index contributed by atoms with van der Waals surface area (Å²) in [4.78, 5) is 0. The van der Waals surface area contributed by atoms with Gasteiger partial charge >= 0.3 is 0 Å². The van der Waals surface area contributed by atoms with E-state index in [1.165, 1.54) is 5.39 Å². The third kappa shape index (κ3) is 1.18. The molecule has 0 N–H and O–H groups in total. The first-order chi connectivity index (χ1) is 8.84. The second-order valence-corrected chi connectivity index (χ2v) is 4.49. The maximum atomic E-state index is 6.09. The summed E-state index contributed by atoms with van der Waals surface area (Å²) in [5.41, 5.74) is 2.37. The summed E-state index contributed by atoms with van der Waals surface area (Å²) in [5.74, 6) is 0. The Hall–Kier alpha value is -2.22. The minimum atomic E-state index is 0.694. The Bertz CT molecular complexity index is 889. The van der Waals surface area contributed by atoms with E-state index in [0.717, 1.165) is 27.3 Å². The molecule has 0 aliphatic rings. The van der Waals surface area contributed by atoms with E-state index in [1.54, 1.807) is 0 Å². The summed E-state index contributed by atoms with van der Waals surface area (Å²) in [6, 6.07) is 18.3. The molecule has 1 aromatic heterocycles. The Morgan fingerprint density at radius 3 is 2.44 bits per heavy atom. The number of para-hydroxylation sites is 1. The fraction of sp³-hybridized carbons (Fsp3) is 0. The predicted octanol–water partition coefficient (Wildman–Crippen LogP) is 3.53. The van der Waals surface area contributed by atoms with Crippen LogP contribution < -0.4 is 5.46 Å². The van der Waals surface area contributed by atoms with Crippen molar-refractivity contribution in [2.75, 3.05) is 0 Å². The Labute approximate surface area is 105 Å². The van der Waals surface area contributed by atoms with Gasteiger partial charge in [-0.2, -0.15) is 0 Å². The molecule has 4 aromatic rings. The molecule has 2 heteroatoms. The number of hydrogen-bond acceptors (Lipinski definition) is 1. The first-order valence-electron chi connectivity index (χ1n) is 5.93. The molecule has 0 saturated heterocycles. The monoisotopic (exact) mass is 228 g/mol. The minimum Gasteiger partial charge on any atom is -0.457 e. The Morgan fingerprint density at radius 2 is 1.56 bits per heavy atom. The van der Waals surface area contributed by atoms with Gasteiger partial charge in [0.2, 0.25) is 0 Å². The Kier molecular flexibility index (Phi) is 1.84. The quantitative estimate of drug-likeness (QED) is 0.419. The van der Waals surface area contributed by atoms with Gasteiger partial charge in [0.1, 0.15) is 19.0 Å². The molecule has 4 rings (SSSR count). The van der Waals surface area contributed by atoms with Gasteiger partial charge < -0.3 is 4.42 Å². The molecule has 0 aliphatic heterocycles. The van der Waals surface area contributed by atoms with Crippen molar-refractivity contribution < 1.29 is 4.42 Å². The molecule has 3 aromatic carbocycles. The second-order valence-electron chi connectivity index (χ2n) is 4.49. The van der Waals surface area contributed by atoms with Crippen molar-refractivity contribution in [2.24, 2.45) is 0 Å². The molecule has 0 spiro atoms. The van der Waals surface area contributed by atoms with Crippen LogP contribution in [0.15, 0.2) is 59.0 Å². The van der Waals surface area contributed by atoms with E-state index in [4.69, 9.17) is 12.3 Å². The molecule has 0 atom stereocenters. The third-order valence-corrected chi connectivity index (χ3v) is 3.40. The molecule has 0 unspecified atom stereocenters. The largest absolute Gasteiger partial charge is 0.457 e. The summed E-state index contributed by atoms with van der Waals surface area (Å²) in [6.45, 7) is 0. The van der Waals surface area contributed by atoms with Crippen molar-refractivity contribution in [1.82, 2.24) is 0 Å². The molecule has 2 radical (unpaired) electrons. The molecule has 1 heterocycles. The number of benzene rings is 3. The lowest BCUT2D eigenvalue weighted by Crippen LogP contribution is -2.02. The summed E-state index contributed by atoms with van der Waals surface area (Å²) < 4.78 is 5.87. The van der Waals surface area contributed by atoms with Crippen LogP contribution in [0.2, 0.25) is 0 Å². The van der Waals surface area contributed by atoms with E-state index in [9.17, 15) is 0 Å². The summed E-state index contributed by atoms with van der Waals surface area (Å²) in [6.07, 6.45) is 0. The maximum absolute atomic E-state index is 6.09.